The van der Waals surface area contributed by atoms with Crippen molar-refractivity contribution in [3.8, 4) is 0 Å². The number of amides is 2. The second-order valence-electron chi connectivity index (χ2n) is 7.27. The maximum absolute atomic E-state index is 12.7. The topological polar surface area (TPSA) is 58.6 Å². The van der Waals surface area contributed by atoms with Gasteiger partial charge in [-0.05, 0) is 46.1 Å². The van der Waals surface area contributed by atoms with Crippen LogP contribution in [0, 0.1) is 6.92 Å². The molecular weight excluding hydrogens is 316 g/mol. The number of benzene rings is 1. The van der Waals surface area contributed by atoms with Crippen LogP contribution in [-0.4, -0.2) is 41.5 Å². The number of aryl methyl sites for hydroxylation is 1. The van der Waals surface area contributed by atoms with Crippen molar-refractivity contribution in [2.75, 3.05) is 13.2 Å². The van der Waals surface area contributed by atoms with E-state index < -0.39 is 5.54 Å². The van der Waals surface area contributed by atoms with Gasteiger partial charge in [0.05, 0.1) is 6.10 Å². The first kappa shape index (κ1) is 19.4. The number of carbonyl (C=O) groups excluding carboxylic acids is 2. The molecule has 138 valence electrons. The molecule has 0 aromatic heterocycles. The number of carbonyl (C=O) groups is 2. The Hall–Kier alpha value is -1.88. The molecule has 1 aliphatic rings. The predicted octanol–water partition coefficient (Wildman–Crippen LogP) is 2.81. The van der Waals surface area contributed by atoms with Crippen LogP contribution in [0.5, 0.6) is 0 Å². The highest BCUT2D eigenvalue weighted by Gasteiger charge is 2.46. The number of nitrogens with zero attached hydrogens (tertiary/aromatic N) is 1. The van der Waals surface area contributed by atoms with Crippen LogP contribution >= 0.6 is 0 Å². The summed E-state index contributed by atoms with van der Waals surface area (Å²) in [6.07, 6.45) is 1.95. The molecule has 1 unspecified atom stereocenters. The Morgan fingerprint density at radius 2 is 2.16 bits per heavy atom. The molecule has 1 fully saturated rings. The Morgan fingerprint density at radius 1 is 1.40 bits per heavy atom. The van der Waals surface area contributed by atoms with Gasteiger partial charge in [-0.1, -0.05) is 29.8 Å². The highest BCUT2D eigenvalue weighted by atomic mass is 16.5. The van der Waals surface area contributed by atoms with Crippen LogP contribution in [0.25, 0.3) is 0 Å². The Balaban J connectivity index is 1.96. The Morgan fingerprint density at radius 3 is 2.84 bits per heavy atom. The zero-order valence-electron chi connectivity index (χ0n) is 15.8. The van der Waals surface area contributed by atoms with E-state index in [1.54, 1.807) is 4.90 Å². The van der Waals surface area contributed by atoms with Crippen LogP contribution in [0.2, 0.25) is 0 Å². The third-order valence-corrected chi connectivity index (χ3v) is 4.69. The number of nitrogens with one attached hydrogen (secondary N) is 1. The summed E-state index contributed by atoms with van der Waals surface area (Å²) in [5.74, 6) is -0.0298. The van der Waals surface area contributed by atoms with E-state index in [4.69, 9.17) is 4.74 Å². The van der Waals surface area contributed by atoms with E-state index in [-0.39, 0.29) is 17.9 Å². The SMILES string of the molecule is Cc1cccc(CN2C(=O)CCC2(C)C(=O)NCCCOC(C)C)c1. The summed E-state index contributed by atoms with van der Waals surface area (Å²) in [5, 5.41) is 2.97. The van der Waals surface area contributed by atoms with E-state index in [1.165, 1.54) is 0 Å². The van der Waals surface area contributed by atoms with E-state index in [1.807, 2.05) is 45.9 Å². The fourth-order valence-electron chi connectivity index (χ4n) is 3.17. The number of rotatable bonds is 8. The molecule has 1 aromatic carbocycles. The zero-order valence-corrected chi connectivity index (χ0v) is 15.8. The number of ether oxygens (including phenoxy) is 1. The third-order valence-electron chi connectivity index (χ3n) is 4.69. The number of likely N-dealkylation sites (tertiary alicyclic amines) is 1. The fraction of sp³-hybridized carbons (Fsp3) is 0.600. The van der Waals surface area contributed by atoms with Gasteiger partial charge in [0.25, 0.3) is 0 Å². The summed E-state index contributed by atoms with van der Waals surface area (Å²) < 4.78 is 5.49. The first-order valence-electron chi connectivity index (χ1n) is 9.09. The second-order valence-corrected chi connectivity index (χ2v) is 7.27. The lowest BCUT2D eigenvalue weighted by atomic mass is 9.97. The maximum atomic E-state index is 12.7. The van der Waals surface area contributed by atoms with Crippen molar-refractivity contribution in [2.24, 2.45) is 0 Å². The molecule has 1 aromatic rings. The van der Waals surface area contributed by atoms with Crippen molar-refractivity contribution in [3.63, 3.8) is 0 Å². The second kappa shape index (κ2) is 8.48. The Kier molecular flexibility index (Phi) is 6.59. The number of hydrogen-bond donors (Lipinski definition) is 1. The average Bonchev–Trinajstić information content (AvgIpc) is 2.84. The predicted molar refractivity (Wildman–Crippen MR) is 98.1 cm³/mol. The summed E-state index contributed by atoms with van der Waals surface area (Å²) in [6.45, 7) is 9.54. The largest absolute Gasteiger partial charge is 0.379 e. The first-order valence-corrected chi connectivity index (χ1v) is 9.09. The Labute approximate surface area is 150 Å². The third kappa shape index (κ3) is 5.05. The van der Waals surface area contributed by atoms with Gasteiger partial charge >= 0.3 is 0 Å². The standard InChI is InChI=1S/C20H30N2O3/c1-15(2)25-12-6-11-21-19(24)20(4)10-9-18(23)22(20)14-17-8-5-7-16(3)13-17/h5,7-8,13,15H,6,9-12,14H2,1-4H3,(H,21,24). The lowest BCUT2D eigenvalue weighted by molar-refractivity contribution is -0.141. The molecule has 0 spiro atoms. The minimum absolute atomic E-state index is 0.0438. The molecule has 5 nitrogen and oxygen atoms in total. The molecule has 0 bridgehead atoms. The van der Waals surface area contributed by atoms with Crippen molar-refractivity contribution in [2.45, 2.75) is 65.1 Å². The highest BCUT2D eigenvalue weighted by Crippen LogP contribution is 2.32. The molecule has 0 radical (unpaired) electrons. The minimum atomic E-state index is -0.778. The van der Waals surface area contributed by atoms with Gasteiger partial charge < -0.3 is 15.0 Å². The van der Waals surface area contributed by atoms with Gasteiger partial charge in [0.2, 0.25) is 11.8 Å². The summed E-state index contributed by atoms with van der Waals surface area (Å²) in [6, 6.07) is 8.07. The molecule has 0 aliphatic carbocycles. The highest BCUT2D eigenvalue weighted by molar-refractivity contribution is 5.94. The summed E-state index contributed by atoms with van der Waals surface area (Å²) in [4.78, 5) is 26.8. The molecule has 1 N–H and O–H groups in total. The lowest BCUT2D eigenvalue weighted by Crippen LogP contribution is -2.54. The first-order chi connectivity index (χ1) is 11.8. The molecule has 1 saturated heterocycles. The molecule has 1 atom stereocenters. The minimum Gasteiger partial charge on any atom is -0.379 e. The average molecular weight is 346 g/mol. The number of hydrogen-bond acceptors (Lipinski definition) is 3. The van der Waals surface area contributed by atoms with Gasteiger partial charge in [0, 0.05) is 26.1 Å². The van der Waals surface area contributed by atoms with Crippen LogP contribution in [0.3, 0.4) is 0 Å². The fourth-order valence-corrected chi connectivity index (χ4v) is 3.17. The van der Waals surface area contributed by atoms with Crippen molar-refractivity contribution in [1.29, 1.82) is 0 Å². The van der Waals surface area contributed by atoms with E-state index in [0.29, 0.717) is 32.5 Å². The van der Waals surface area contributed by atoms with Gasteiger partial charge in [-0.3, -0.25) is 9.59 Å². The summed E-state index contributed by atoms with van der Waals surface area (Å²) in [7, 11) is 0. The van der Waals surface area contributed by atoms with E-state index in [0.717, 1.165) is 17.5 Å². The molecule has 1 aliphatic heterocycles. The molecule has 1 heterocycles. The molecule has 0 saturated carbocycles. The van der Waals surface area contributed by atoms with E-state index >= 15 is 0 Å². The van der Waals surface area contributed by atoms with Crippen LogP contribution in [-0.2, 0) is 20.9 Å². The van der Waals surface area contributed by atoms with E-state index in [2.05, 4.69) is 11.4 Å². The quantitative estimate of drug-likeness (QED) is 0.737. The lowest BCUT2D eigenvalue weighted by Gasteiger charge is -2.34. The summed E-state index contributed by atoms with van der Waals surface area (Å²) >= 11 is 0. The van der Waals surface area contributed by atoms with Crippen molar-refractivity contribution in [3.05, 3.63) is 35.4 Å². The monoisotopic (exact) mass is 346 g/mol. The van der Waals surface area contributed by atoms with Crippen molar-refractivity contribution in [1.82, 2.24) is 10.2 Å². The maximum Gasteiger partial charge on any atom is 0.245 e. The smallest absolute Gasteiger partial charge is 0.245 e. The van der Waals surface area contributed by atoms with Crippen LogP contribution < -0.4 is 5.32 Å². The van der Waals surface area contributed by atoms with Crippen LogP contribution in [0.4, 0.5) is 0 Å². The molecule has 25 heavy (non-hydrogen) atoms. The van der Waals surface area contributed by atoms with E-state index in [9.17, 15) is 9.59 Å². The molecule has 2 rings (SSSR count). The summed E-state index contributed by atoms with van der Waals surface area (Å²) in [5.41, 5.74) is 1.43. The molecular formula is C20H30N2O3. The zero-order chi connectivity index (χ0) is 18.4. The van der Waals surface area contributed by atoms with Crippen molar-refractivity contribution < 1.29 is 14.3 Å². The molecule has 5 heteroatoms. The van der Waals surface area contributed by atoms with Gasteiger partial charge in [-0.15, -0.1) is 0 Å². The van der Waals surface area contributed by atoms with Crippen molar-refractivity contribution >= 4 is 11.8 Å². The van der Waals surface area contributed by atoms with Gasteiger partial charge in [0.1, 0.15) is 5.54 Å². The van der Waals surface area contributed by atoms with Gasteiger partial charge in [0.15, 0.2) is 0 Å². The Bertz CT molecular complexity index is 615. The van der Waals surface area contributed by atoms with Crippen LogP contribution in [0.1, 0.15) is 51.2 Å². The molecule has 2 amide bonds. The normalized spacial score (nSPS) is 20.4. The van der Waals surface area contributed by atoms with Crippen LogP contribution in [0.15, 0.2) is 24.3 Å². The van der Waals surface area contributed by atoms with Gasteiger partial charge in [-0.2, -0.15) is 0 Å². The van der Waals surface area contributed by atoms with Gasteiger partial charge in [-0.25, -0.2) is 0 Å².